The Hall–Kier alpha value is -3.25. The van der Waals surface area contributed by atoms with E-state index in [2.05, 4.69) is 15.5 Å². The lowest BCUT2D eigenvalue weighted by Gasteiger charge is -2.10. The van der Waals surface area contributed by atoms with E-state index in [9.17, 15) is 9.59 Å². The van der Waals surface area contributed by atoms with Crippen molar-refractivity contribution in [3.05, 3.63) is 69.3 Å². The molecule has 1 N–H and O–H groups in total. The van der Waals surface area contributed by atoms with Gasteiger partial charge in [-0.05, 0) is 36.8 Å². The van der Waals surface area contributed by atoms with Gasteiger partial charge in [-0.1, -0.05) is 47.1 Å². The Balaban J connectivity index is 1.43. The normalized spacial score (nSPS) is 10.8. The van der Waals surface area contributed by atoms with Crippen LogP contribution in [0.5, 0.6) is 11.5 Å². The number of ether oxygens (including phenoxy) is 3. The molecule has 4 aromatic rings. The summed E-state index contributed by atoms with van der Waals surface area (Å²) in [6, 6.07) is 12.2. The number of thioether (sulfide) groups is 1. The molecule has 0 spiro atoms. The minimum atomic E-state index is -0.541. The highest BCUT2D eigenvalue weighted by atomic mass is 35.5. The predicted molar refractivity (Wildman–Crippen MR) is 153 cm³/mol. The van der Waals surface area contributed by atoms with E-state index in [0.717, 1.165) is 5.56 Å². The quantitative estimate of drug-likeness (QED) is 0.154. The van der Waals surface area contributed by atoms with Crippen molar-refractivity contribution in [2.45, 2.75) is 25.2 Å². The van der Waals surface area contributed by atoms with Gasteiger partial charge in [0.25, 0.3) is 0 Å². The van der Waals surface area contributed by atoms with E-state index in [4.69, 9.17) is 37.4 Å². The fourth-order valence-electron chi connectivity index (χ4n) is 3.61. The monoisotopic (exact) mass is 606 g/mol. The Morgan fingerprint density at radius 3 is 2.56 bits per heavy atom. The number of hydrogen-bond acceptors (Lipinski definition) is 9. The van der Waals surface area contributed by atoms with Crippen molar-refractivity contribution in [3.8, 4) is 22.6 Å². The third-order valence-corrected chi connectivity index (χ3v) is 7.94. The summed E-state index contributed by atoms with van der Waals surface area (Å²) < 4.78 is 17.8. The molecule has 0 radical (unpaired) electrons. The molecule has 4 rings (SSSR count). The summed E-state index contributed by atoms with van der Waals surface area (Å²) in [5.41, 5.74) is 1.75. The predicted octanol–water partition coefficient (Wildman–Crippen LogP) is 6.44. The second-order valence-corrected chi connectivity index (χ2v) is 10.6. The number of methoxy groups -OCH3 is 2. The molecule has 2 aromatic heterocycles. The van der Waals surface area contributed by atoms with Gasteiger partial charge in [-0.3, -0.25) is 4.79 Å². The molecule has 2 heterocycles. The average Bonchev–Trinajstić information content (AvgIpc) is 3.55. The van der Waals surface area contributed by atoms with Crippen LogP contribution in [-0.2, 0) is 22.7 Å². The molecule has 0 aliphatic carbocycles. The zero-order chi connectivity index (χ0) is 27.9. The van der Waals surface area contributed by atoms with Crippen LogP contribution in [0.25, 0.3) is 11.1 Å². The van der Waals surface area contributed by atoms with E-state index in [1.165, 1.54) is 30.2 Å². The van der Waals surface area contributed by atoms with Crippen LogP contribution in [0.1, 0.15) is 23.1 Å². The van der Waals surface area contributed by atoms with Gasteiger partial charge < -0.3 is 24.1 Å². The molecular weight excluding hydrogens is 583 g/mol. The number of anilines is 1. The van der Waals surface area contributed by atoms with Crippen LogP contribution >= 0.6 is 46.3 Å². The summed E-state index contributed by atoms with van der Waals surface area (Å²) in [7, 11) is 2.89. The van der Waals surface area contributed by atoms with E-state index in [1.807, 2.05) is 29.0 Å². The number of esters is 1. The first-order valence-corrected chi connectivity index (χ1v) is 14.2. The second kappa shape index (κ2) is 13.2. The summed E-state index contributed by atoms with van der Waals surface area (Å²) in [4.78, 5) is 25.5. The number of carbonyl (C=O) groups is 2. The molecule has 0 saturated carbocycles. The average molecular weight is 608 g/mol. The molecule has 0 saturated heterocycles. The smallest absolute Gasteiger partial charge is 0.341 e. The highest BCUT2D eigenvalue weighted by molar-refractivity contribution is 7.99. The third kappa shape index (κ3) is 6.85. The Kier molecular flexibility index (Phi) is 9.73. The van der Waals surface area contributed by atoms with Crippen molar-refractivity contribution in [1.82, 2.24) is 14.8 Å². The van der Waals surface area contributed by atoms with Crippen molar-refractivity contribution in [3.63, 3.8) is 0 Å². The van der Waals surface area contributed by atoms with Crippen LogP contribution in [0.15, 0.2) is 53.0 Å². The Morgan fingerprint density at radius 2 is 1.87 bits per heavy atom. The van der Waals surface area contributed by atoms with Crippen molar-refractivity contribution < 1.29 is 23.8 Å². The van der Waals surface area contributed by atoms with Crippen LogP contribution in [0.4, 0.5) is 5.00 Å². The Morgan fingerprint density at radius 1 is 1.10 bits per heavy atom. The molecule has 13 heteroatoms. The van der Waals surface area contributed by atoms with Gasteiger partial charge in [0, 0.05) is 28.6 Å². The number of rotatable bonds is 11. The van der Waals surface area contributed by atoms with E-state index in [1.54, 1.807) is 37.4 Å². The second-order valence-electron chi connectivity index (χ2n) is 7.92. The number of thiophene rings is 1. The highest BCUT2D eigenvalue weighted by Gasteiger charge is 2.23. The van der Waals surface area contributed by atoms with Crippen LogP contribution < -0.4 is 14.8 Å². The Labute approximate surface area is 243 Å². The molecule has 204 valence electrons. The van der Waals surface area contributed by atoms with Crippen LogP contribution in [0.3, 0.4) is 0 Å². The largest absolute Gasteiger partial charge is 0.497 e. The summed E-state index contributed by atoms with van der Waals surface area (Å²) >= 11 is 14.7. The SMILES string of the molecule is CCn1c(COc2cc(Cl)ccc2Cl)nnc1SCC(=O)Nc1scc(-c2ccc(OC)cc2)c1C(=O)OC. The van der Waals surface area contributed by atoms with E-state index >= 15 is 0 Å². The van der Waals surface area contributed by atoms with E-state index in [0.29, 0.717) is 55.2 Å². The molecule has 0 atom stereocenters. The molecular formula is C26H24Cl2N4O5S2. The van der Waals surface area contributed by atoms with Crippen molar-refractivity contribution in [2.75, 3.05) is 25.3 Å². The van der Waals surface area contributed by atoms with Gasteiger partial charge >= 0.3 is 5.97 Å². The first-order valence-electron chi connectivity index (χ1n) is 11.6. The zero-order valence-electron chi connectivity index (χ0n) is 21.2. The summed E-state index contributed by atoms with van der Waals surface area (Å²) in [6.07, 6.45) is 0. The standard InChI is InChI=1S/C26H24Cl2N4O5S2/c1-4-32-21(12-37-20-11-16(27)7-10-19(20)28)30-31-26(32)39-14-22(33)29-24-23(25(34)36-3)18(13-38-24)15-5-8-17(35-2)9-6-15/h5-11,13H,4,12,14H2,1-3H3,(H,29,33). The molecule has 0 aliphatic heterocycles. The maximum Gasteiger partial charge on any atom is 0.341 e. The summed E-state index contributed by atoms with van der Waals surface area (Å²) in [5, 5.41) is 15.0. The zero-order valence-corrected chi connectivity index (χ0v) is 24.3. The van der Waals surface area contributed by atoms with Crippen molar-refractivity contribution in [1.29, 1.82) is 0 Å². The van der Waals surface area contributed by atoms with Gasteiger partial charge in [-0.2, -0.15) is 0 Å². The number of aromatic nitrogens is 3. The molecule has 39 heavy (non-hydrogen) atoms. The minimum absolute atomic E-state index is 0.0511. The van der Waals surface area contributed by atoms with Crippen molar-refractivity contribution in [2.24, 2.45) is 0 Å². The number of benzene rings is 2. The van der Waals surface area contributed by atoms with Gasteiger partial charge in [0.15, 0.2) is 11.0 Å². The minimum Gasteiger partial charge on any atom is -0.497 e. The molecule has 0 unspecified atom stereocenters. The molecule has 0 fully saturated rings. The molecule has 0 aliphatic rings. The summed E-state index contributed by atoms with van der Waals surface area (Å²) in [5.74, 6) is 0.918. The first-order chi connectivity index (χ1) is 18.8. The van der Waals surface area contributed by atoms with Gasteiger partial charge in [-0.25, -0.2) is 4.79 Å². The number of nitrogens with zero attached hydrogens (tertiary/aromatic N) is 3. The van der Waals surface area contributed by atoms with Crippen LogP contribution in [-0.4, -0.2) is 46.6 Å². The van der Waals surface area contributed by atoms with Gasteiger partial charge in [0.1, 0.15) is 28.7 Å². The Bertz CT molecular complexity index is 1470. The number of carbonyl (C=O) groups excluding carboxylic acids is 2. The van der Waals surface area contributed by atoms with Crippen LogP contribution in [0, 0.1) is 0 Å². The lowest BCUT2D eigenvalue weighted by molar-refractivity contribution is -0.113. The number of amides is 1. The fraction of sp³-hybridized carbons (Fsp3) is 0.231. The summed E-state index contributed by atoms with van der Waals surface area (Å²) in [6.45, 7) is 2.64. The maximum atomic E-state index is 12.9. The fourth-order valence-corrected chi connectivity index (χ4v) is 5.74. The maximum absolute atomic E-state index is 12.9. The molecule has 0 bridgehead atoms. The topological polar surface area (TPSA) is 105 Å². The van der Waals surface area contributed by atoms with Gasteiger partial charge in [0.2, 0.25) is 5.91 Å². The van der Waals surface area contributed by atoms with Crippen molar-refractivity contribution >= 4 is 63.2 Å². The third-order valence-electron chi connectivity index (χ3n) is 5.53. The molecule has 9 nitrogen and oxygen atoms in total. The van der Waals surface area contributed by atoms with Crippen LogP contribution in [0.2, 0.25) is 10.0 Å². The van der Waals surface area contributed by atoms with Gasteiger partial charge in [0.05, 0.1) is 25.0 Å². The lowest BCUT2D eigenvalue weighted by atomic mass is 10.0. The lowest BCUT2D eigenvalue weighted by Crippen LogP contribution is -2.16. The molecule has 2 aromatic carbocycles. The highest BCUT2D eigenvalue weighted by Crippen LogP contribution is 2.37. The number of nitrogens with one attached hydrogen (secondary N) is 1. The number of halogens is 2. The number of hydrogen-bond donors (Lipinski definition) is 1. The van der Waals surface area contributed by atoms with Gasteiger partial charge in [-0.15, -0.1) is 21.5 Å². The molecule has 1 amide bonds. The van der Waals surface area contributed by atoms with E-state index in [-0.39, 0.29) is 18.3 Å². The first kappa shape index (κ1) is 28.8. The van der Waals surface area contributed by atoms with E-state index < -0.39 is 5.97 Å².